The van der Waals surface area contributed by atoms with E-state index in [0.29, 0.717) is 11.5 Å². The maximum atomic E-state index is 9.93. The van der Waals surface area contributed by atoms with Crippen molar-refractivity contribution < 1.29 is 18.9 Å². The molecule has 190 valence electrons. The van der Waals surface area contributed by atoms with Gasteiger partial charge in [0, 0.05) is 5.41 Å². The van der Waals surface area contributed by atoms with Crippen LogP contribution in [0.25, 0.3) is 0 Å². The predicted molar refractivity (Wildman–Crippen MR) is 141 cm³/mol. The van der Waals surface area contributed by atoms with Gasteiger partial charge in [-0.1, -0.05) is 39.8 Å². The molecule has 0 N–H and O–H groups in total. The van der Waals surface area contributed by atoms with E-state index < -0.39 is 0 Å². The van der Waals surface area contributed by atoms with Crippen molar-refractivity contribution >= 4 is 0 Å². The van der Waals surface area contributed by atoms with E-state index >= 15 is 0 Å². The Kier molecular flexibility index (Phi) is 4.74. The Hall–Kier alpha value is -3.72. The van der Waals surface area contributed by atoms with Crippen LogP contribution < -0.4 is 18.9 Å². The van der Waals surface area contributed by atoms with Gasteiger partial charge in [-0.2, -0.15) is 10.2 Å². The van der Waals surface area contributed by atoms with Crippen LogP contribution in [-0.2, 0) is 16.2 Å². The van der Waals surface area contributed by atoms with Gasteiger partial charge < -0.3 is 18.9 Å². The lowest BCUT2D eigenvalue weighted by atomic mass is 9.72. The zero-order valence-corrected chi connectivity index (χ0v) is 22.8. The van der Waals surface area contributed by atoms with Crippen molar-refractivity contribution in [2.75, 3.05) is 14.2 Å². The van der Waals surface area contributed by atoms with Gasteiger partial charge in [-0.25, -0.2) is 0 Å². The molecule has 6 heteroatoms. The summed E-state index contributed by atoms with van der Waals surface area (Å²) in [5.74, 6) is 2.04. The summed E-state index contributed by atoms with van der Waals surface area (Å²) in [5, 5.41) is 9.93. The van der Waals surface area contributed by atoms with Crippen molar-refractivity contribution in [3.05, 3.63) is 63.2 Å². The van der Waals surface area contributed by atoms with Crippen molar-refractivity contribution in [3.8, 4) is 40.8 Å². The third-order valence-electron chi connectivity index (χ3n) is 8.67. The highest BCUT2D eigenvalue weighted by Gasteiger charge is 2.57. The van der Waals surface area contributed by atoms with Crippen molar-refractivity contribution in [2.45, 2.75) is 70.6 Å². The van der Waals surface area contributed by atoms with Crippen molar-refractivity contribution in [1.82, 2.24) is 4.98 Å². The number of fused-ring (bicyclic) bond motifs is 6. The molecule has 0 amide bonds. The van der Waals surface area contributed by atoms with Gasteiger partial charge in [0.05, 0.1) is 14.2 Å². The highest BCUT2D eigenvalue weighted by molar-refractivity contribution is 5.69. The summed E-state index contributed by atoms with van der Waals surface area (Å²) in [6, 6.07) is 11.2. The Labute approximate surface area is 218 Å². The normalized spacial score (nSPS) is 21.2. The first-order valence-corrected chi connectivity index (χ1v) is 12.7. The van der Waals surface area contributed by atoms with Crippen LogP contribution in [0, 0.1) is 25.2 Å². The number of aromatic nitrogens is 1. The van der Waals surface area contributed by atoms with Crippen LogP contribution in [0.3, 0.4) is 0 Å². The van der Waals surface area contributed by atoms with Gasteiger partial charge in [-0.05, 0) is 83.0 Å². The van der Waals surface area contributed by atoms with Crippen molar-refractivity contribution in [1.29, 1.82) is 5.26 Å². The number of rotatable bonds is 2. The summed E-state index contributed by atoms with van der Waals surface area (Å²) < 4.78 is 23.4. The lowest BCUT2D eigenvalue weighted by molar-refractivity contribution is 0.309. The molecule has 3 aromatic rings. The minimum absolute atomic E-state index is 0.0488. The first-order chi connectivity index (χ1) is 17.5. The second-order valence-corrected chi connectivity index (χ2v) is 12.0. The van der Waals surface area contributed by atoms with Gasteiger partial charge in [0.25, 0.3) is 11.8 Å². The largest absolute Gasteiger partial charge is 0.490 e. The number of nitriles is 1. The number of ether oxygens (including phenoxy) is 4. The minimum atomic E-state index is -0.122. The summed E-state index contributed by atoms with van der Waals surface area (Å²) in [4.78, 5) is 4.43. The first-order valence-electron chi connectivity index (χ1n) is 12.7. The van der Waals surface area contributed by atoms with Crippen LogP contribution >= 0.6 is 0 Å². The molecule has 0 saturated carbocycles. The third-order valence-corrected chi connectivity index (χ3v) is 8.67. The molecule has 0 fully saturated rings. The van der Waals surface area contributed by atoms with E-state index in [0.717, 1.165) is 12.8 Å². The van der Waals surface area contributed by atoms with E-state index in [1.54, 1.807) is 0 Å². The van der Waals surface area contributed by atoms with Gasteiger partial charge in [-0.3, -0.25) is 0 Å². The zero-order chi connectivity index (χ0) is 26.5. The number of pyridine rings is 1. The number of nitrogens with zero attached hydrogens (tertiary/aromatic N) is 2. The molecule has 0 radical (unpaired) electrons. The minimum Gasteiger partial charge on any atom is -0.490 e. The number of aryl methyl sites for hydroxylation is 2. The van der Waals surface area contributed by atoms with E-state index in [2.05, 4.69) is 76.9 Å². The summed E-state index contributed by atoms with van der Waals surface area (Å²) in [6.45, 7) is 13.8. The molecule has 6 rings (SSSR count). The molecule has 2 aliphatic carbocycles. The van der Waals surface area contributed by atoms with Crippen LogP contribution in [0.5, 0.6) is 34.8 Å². The van der Waals surface area contributed by atoms with Gasteiger partial charge in [-0.15, -0.1) is 0 Å². The zero-order valence-electron chi connectivity index (χ0n) is 22.8. The quantitative estimate of drug-likeness (QED) is 0.294. The maximum absolute atomic E-state index is 9.93. The molecule has 2 heterocycles. The number of hydrogen-bond donors (Lipinski definition) is 0. The molecule has 3 aliphatic rings. The number of methoxy groups -OCH3 is 2. The van der Waals surface area contributed by atoms with Crippen LogP contribution in [0.15, 0.2) is 24.3 Å². The lowest BCUT2D eigenvalue weighted by Gasteiger charge is -2.31. The lowest BCUT2D eigenvalue weighted by Crippen LogP contribution is -2.27. The molecular weight excluding hydrogens is 464 g/mol. The molecule has 1 atom stereocenters. The Morgan fingerprint density at radius 1 is 0.811 bits per heavy atom. The van der Waals surface area contributed by atoms with E-state index in [9.17, 15) is 5.26 Å². The van der Waals surface area contributed by atoms with Gasteiger partial charge in [0.1, 0.15) is 11.6 Å². The first kappa shape index (κ1) is 23.7. The topological polar surface area (TPSA) is 73.6 Å². The Bertz CT molecular complexity index is 1550. The molecule has 1 aromatic heterocycles. The van der Waals surface area contributed by atoms with Gasteiger partial charge in [0.2, 0.25) is 11.5 Å². The van der Waals surface area contributed by atoms with Crippen LogP contribution in [0.2, 0.25) is 0 Å². The predicted octanol–water partition coefficient (Wildman–Crippen LogP) is 7.13. The molecule has 1 spiro atoms. The number of hydrogen-bond acceptors (Lipinski definition) is 6. The highest BCUT2D eigenvalue weighted by Crippen LogP contribution is 2.65. The smallest absolute Gasteiger partial charge is 0.268 e. The Morgan fingerprint density at radius 2 is 1.35 bits per heavy atom. The van der Waals surface area contributed by atoms with Crippen molar-refractivity contribution in [2.24, 2.45) is 0 Å². The molecule has 1 unspecified atom stereocenters. The van der Waals surface area contributed by atoms with Crippen LogP contribution in [0.4, 0.5) is 0 Å². The third kappa shape index (κ3) is 3.06. The van der Waals surface area contributed by atoms with E-state index in [-0.39, 0.29) is 45.1 Å². The average molecular weight is 497 g/mol. The molecule has 37 heavy (non-hydrogen) atoms. The standard InChI is InChI=1S/C31H32N2O4/c1-16-9-19-21(10-17(16)2)31(14-29(19,3)4)15-30(5,6)20-11-24-23(12-22(20)31)36-26-18(13-32)25(34-7)27(35-8)33-28(26)37-24/h9-12H,14-15H2,1-8H3. The van der Waals surface area contributed by atoms with E-state index in [1.807, 2.05) is 0 Å². The fourth-order valence-electron chi connectivity index (χ4n) is 7.05. The highest BCUT2D eigenvalue weighted by atomic mass is 16.6. The fraction of sp³-hybridized carbons (Fsp3) is 0.419. The molecule has 2 aromatic carbocycles. The Balaban J connectivity index is 1.56. The molecule has 0 bridgehead atoms. The van der Waals surface area contributed by atoms with E-state index in [1.165, 1.54) is 47.6 Å². The van der Waals surface area contributed by atoms with Gasteiger partial charge in [0.15, 0.2) is 11.5 Å². The summed E-state index contributed by atoms with van der Waals surface area (Å²) >= 11 is 0. The number of benzene rings is 2. The molecule has 6 nitrogen and oxygen atoms in total. The fourth-order valence-corrected chi connectivity index (χ4v) is 7.05. The monoisotopic (exact) mass is 496 g/mol. The molecule has 1 aliphatic heterocycles. The average Bonchev–Trinajstić information content (AvgIpc) is 3.19. The SMILES string of the molecule is COc1nc2c(c(C#N)c1OC)Oc1cc3c(cc1O2)C(C)(C)CC31CC(C)(C)c2cc(C)c(C)cc21. The summed E-state index contributed by atoms with van der Waals surface area (Å²) in [6.07, 6.45) is 2.04. The van der Waals surface area contributed by atoms with Crippen LogP contribution in [0.1, 0.15) is 79.5 Å². The maximum Gasteiger partial charge on any atom is 0.268 e. The Morgan fingerprint density at radius 3 is 1.95 bits per heavy atom. The molecular formula is C31H32N2O4. The second-order valence-electron chi connectivity index (χ2n) is 12.0. The van der Waals surface area contributed by atoms with Crippen LogP contribution in [-0.4, -0.2) is 19.2 Å². The van der Waals surface area contributed by atoms with Gasteiger partial charge >= 0.3 is 0 Å². The summed E-state index contributed by atoms with van der Waals surface area (Å²) in [5.41, 5.74) is 8.13. The van der Waals surface area contributed by atoms with Crippen molar-refractivity contribution in [3.63, 3.8) is 0 Å². The second kappa shape index (κ2) is 7.41. The van der Waals surface area contributed by atoms with E-state index in [4.69, 9.17) is 18.9 Å². The summed E-state index contributed by atoms with van der Waals surface area (Å²) in [7, 11) is 2.96. The molecule has 0 saturated heterocycles.